The van der Waals surface area contributed by atoms with Crippen molar-refractivity contribution in [2.45, 2.75) is 24.7 Å². The largest absolute Gasteiger partial charge is 0.352 e. The third-order valence-corrected chi connectivity index (χ3v) is 5.51. The molecule has 0 saturated carbocycles. The Morgan fingerprint density at radius 1 is 0.938 bits per heavy atom. The van der Waals surface area contributed by atoms with Gasteiger partial charge in [0.1, 0.15) is 5.69 Å². The number of carbonyl (C=O) groups is 4. The molecule has 0 atom stereocenters. The van der Waals surface area contributed by atoms with E-state index in [0.29, 0.717) is 6.54 Å². The lowest BCUT2D eigenvalue weighted by atomic mass is 10.2. The molecule has 0 aliphatic heterocycles. The van der Waals surface area contributed by atoms with Crippen LogP contribution in [-0.4, -0.2) is 50.1 Å². The molecule has 170 valence electrons. The van der Waals surface area contributed by atoms with Crippen LogP contribution >= 0.6 is 0 Å². The van der Waals surface area contributed by atoms with Crippen LogP contribution in [0.5, 0.6) is 0 Å². The second-order valence-corrected chi connectivity index (χ2v) is 8.26. The van der Waals surface area contributed by atoms with Gasteiger partial charge in [0, 0.05) is 18.3 Å². The van der Waals surface area contributed by atoms with Crippen molar-refractivity contribution >= 4 is 33.7 Å². The van der Waals surface area contributed by atoms with Gasteiger partial charge in [-0.1, -0.05) is 13.3 Å². The fourth-order valence-corrected chi connectivity index (χ4v) is 3.38. The number of pyridine rings is 1. The number of amides is 4. The lowest BCUT2D eigenvalue weighted by Gasteiger charge is -2.09. The summed E-state index contributed by atoms with van der Waals surface area (Å²) in [5.74, 6) is -2.80. The number of nitrogens with one attached hydrogen (secondary N) is 3. The molecule has 1 heterocycles. The zero-order valence-corrected chi connectivity index (χ0v) is 18.1. The van der Waals surface area contributed by atoms with E-state index in [1.807, 2.05) is 17.0 Å². The van der Waals surface area contributed by atoms with Crippen LogP contribution in [0.3, 0.4) is 0 Å². The standard InChI is InChI=1S/C20H23N5O6S/c1-2-3-10-22-18(27)13-4-7-15(8-5-13)32(30,31)25-19(28)14-6-9-16(23-12-14)20(29)24-17(26)11-21/h4-9,12H,2-3,10-11,21H2,1H3,(H,22,27)(H,25,28)(H,24,26,29). The molecular formula is C20H23N5O6S. The molecule has 0 aliphatic rings. The van der Waals surface area contributed by atoms with E-state index in [4.69, 9.17) is 5.73 Å². The number of hydrogen-bond acceptors (Lipinski definition) is 8. The Kier molecular flexibility index (Phi) is 8.55. The maximum atomic E-state index is 12.5. The summed E-state index contributed by atoms with van der Waals surface area (Å²) < 4.78 is 26.8. The summed E-state index contributed by atoms with van der Waals surface area (Å²) >= 11 is 0. The third-order valence-electron chi connectivity index (χ3n) is 4.17. The second kappa shape index (κ2) is 11.1. The number of nitrogens with two attached hydrogens (primary N) is 1. The summed E-state index contributed by atoms with van der Waals surface area (Å²) in [6, 6.07) is 7.46. The Balaban J connectivity index is 2.05. The summed E-state index contributed by atoms with van der Waals surface area (Å²) in [7, 11) is -4.21. The molecular weight excluding hydrogens is 438 g/mol. The van der Waals surface area contributed by atoms with Gasteiger partial charge in [0.25, 0.3) is 27.7 Å². The topological polar surface area (TPSA) is 177 Å². The van der Waals surface area contributed by atoms with E-state index >= 15 is 0 Å². The van der Waals surface area contributed by atoms with E-state index in [1.165, 1.54) is 30.3 Å². The monoisotopic (exact) mass is 461 g/mol. The van der Waals surface area contributed by atoms with E-state index in [0.717, 1.165) is 25.1 Å². The fourth-order valence-electron chi connectivity index (χ4n) is 2.41. The fraction of sp³-hybridized carbons (Fsp3) is 0.250. The van der Waals surface area contributed by atoms with Gasteiger partial charge in [-0.25, -0.2) is 13.1 Å². The first-order valence-corrected chi connectivity index (χ1v) is 11.1. The Bertz CT molecular complexity index is 1100. The lowest BCUT2D eigenvalue weighted by Crippen LogP contribution is -2.36. The highest BCUT2D eigenvalue weighted by molar-refractivity contribution is 7.90. The van der Waals surface area contributed by atoms with Gasteiger partial charge in [-0.15, -0.1) is 0 Å². The summed E-state index contributed by atoms with van der Waals surface area (Å²) in [5.41, 5.74) is 5.11. The van der Waals surface area contributed by atoms with Crippen LogP contribution in [0.25, 0.3) is 0 Å². The number of rotatable bonds is 9. The highest BCUT2D eigenvalue weighted by atomic mass is 32.2. The summed E-state index contributed by atoms with van der Waals surface area (Å²) in [5, 5.41) is 4.71. The number of unbranched alkanes of at least 4 members (excludes halogenated alkanes) is 1. The van der Waals surface area contributed by atoms with Crippen LogP contribution in [0, 0.1) is 0 Å². The van der Waals surface area contributed by atoms with Gasteiger partial charge in [-0.2, -0.15) is 0 Å². The van der Waals surface area contributed by atoms with Crippen molar-refractivity contribution in [2.24, 2.45) is 5.73 Å². The SMILES string of the molecule is CCCCNC(=O)c1ccc(S(=O)(=O)NC(=O)c2ccc(C(=O)NC(=O)CN)nc2)cc1. The molecule has 4 amide bonds. The molecule has 0 spiro atoms. The summed E-state index contributed by atoms with van der Waals surface area (Å²) in [6.07, 6.45) is 2.75. The predicted molar refractivity (Wildman–Crippen MR) is 114 cm³/mol. The van der Waals surface area contributed by atoms with Crippen molar-refractivity contribution in [2.75, 3.05) is 13.1 Å². The summed E-state index contributed by atoms with van der Waals surface area (Å²) in [6.45, 7) is 2.13. The molecule has 5 N–H and O–H groups in total. The van der Waals surface area contributed by atoms with E-state index in [9.17, 15) is 27.6 Å². The molecule has 11 nitrogen and oxygen atoms in total. The van der Waals surface area contributed by atoms with Crippen molar-refractivity contribution < 1.29 is 27.6 Å². The number of carbonyl (C=O) groups excluding carboxylic acids is 4. The molecule has 0 fully saturated rings. The van der Waals surface area contributed by atoms with E-state index in [1.54, 1.807) is 0 Å². The van der Waals surface area contributed by atoms with Crippen LogP contribution in [0.15, 0.2) is 47.5 Å². The molecule has 1 aromatic heterocycles. The van der Waals surface area contributed by atoms with Crippen molar-refractivity contribution in [1.82, 2.24) is 20.3 Å². The molecule has 32 heavy (non-hydrogen) atoms. The highest BCUT2D eigenvalue weighted by Crippen LogP contribution is 2.12. The number of nitrogens with zero attached hydrogens (tertiary/aromatic N) is 1. The van der Waals surface area contributed by atoms with Gasteiger partial charge in [0.05, 0.1) is 17.0 Å². The molecule has 0 unspecified atom stereocenters. The zero-order valence-electron chi connectivity index (χ0n) is 17.3. The Morgan fingerprint density at radius 3 is 2.16 bits per heavy atom. The van der Waals surface area contributed by atoms with Crippen LogP contribution in [0.1, 0.15) is 51.0 Å². The van der Waals surface area contributed by atoms with Gasteiger partial charge < -0.3 is 11.1 Å². The van der Waals surface area contributed by atoms with Crippen molar-refractivity contribution in [1.29, 1.82) is 0 Å². The molecule has 2 aromatic rings. The minimum Gasteiger partial charge on any atom is -0.352 e. The number of sulfonamides is 1. The van der Waals surface area contributed by atoms with Gasteiger partial charge in [-0.05, 0) is 42.8 Å². The first kappa shape index (κ1) is 24.6. The van der Waals surface area contributed by atoms with Crippen LogP contribution < -0.4 is 21.1 Å². The van der Waals surface area contributed by atoms with Gasteiger partial charge >= 0.3 is 0 Å². The maximum Gasteiger partial charge on any atom is 0.276 e. The van der Waals surface area contributed by atoms with Crippen LogP contribution in [0.4, 0.5) is 0 Å². The first-order chi connectivity index (χ1) is 15.2. The van der Waals surface area contributed by atoms with Crippen molar-refractivity contribution in [3.63, 3.8) is 0 Å². The molecule has 0 saturated heterocycles. The zero-order chi connectivity index (χ0) is 23.7. The van der Waals surface area contributed by atoms with E-state index in [-0.39, 0.29) is 34.2 Å². The lowest BCUT2D eigenvalue weighted by molar-refractivity contribution is -0.118. The maximum absolute atomic E-state index is 12.5. The third kappa shape index (κ3) is 6.68. The number of aromatic nitrogens is 1. The minimum absolute atomic E-state index is 0.123. The average molecular weight is 462 g/mol. The molecule has 0 aliphatic carbocycles. The smallest absolute Gasteiger partial charge is 0.276 e. The molecule has 1 aromatic carbocycles. The Morgan fingerprint density at radius 2 is 1.59 bits per heavy atom. The Hall–Kier alpha value is -3.64. The number of imide groups is 1. The first-order valence-electron chi connectivity index (χ1n) is 9.63. The quantitative estimate of drug-likeness (QED) is 0.375. The molecule has 2 rings (SSSR count). The van der Waals surface area contributed by atoms with Gasteiger partial charge in [0.15, 0.2) is 0 Å². The predicted octanol–water partition coefficient (Wildman–Crippen LogP) is -0.0547. The average Bonchev–Trinajstić information content (AvgIpc) is 2.78. The van der Waals surface area contributed by atoms with Gasteiger partial charge in [0.2, 0.25) is 5.91 Å². The Labute approximate surface area is 184 Å². The normalized spacial score (nSPS) is 10.8. The highest BCUT2D eigenvalue weighted by Gasteiger charge is 2.20. The minimum atomic E-state index is -4.21. The van der Waals surface area contributed by atoms with E-state index in [2.05, 4.69) is 10.3 Å². The van der Waals surface area contributed by atoms with Gasteiger partial charge in [-0.3, -0.25) is 29.5 Å². The summed E-state index contributed by atoms with van der Waals surface area (Å²) in [4.78, 5) is 50.8. The molecule has 0 bridgehead atoms. The molecule has 12 heteroatoms. The van der Waals surface area contributed by atoms with Crippen LogP contribution in [-0.2, 0) is 14.8 Å². The van der Waals surface area contributed by atoms with Crippen molar-refractivity contribution in [3.8, 4) is 0 Å². The number of benzene rings is 1. The second-order valence-electron chi connectivity index (χ2n) is 6.58. The number of hydrogen-bond donors (Lipinski definition) is 4. The molecule has 0 radical (unpaired) electrons. The van der Waals surface area contributed by atoms with Crippen LogP contribution in [0.2, 0.25) is 0 Å². The van der Waals surface area contributed by atoms with E-state index < -0.39 is 27.7 Å². The van der Waals surface area contributed by atoms with Crippen molar-refractivity contribution in [3.05, 3.63) is 59.4 Å².